The number of nitrogens with one attached hydrogen (secondary N) is 1. The molecule has 1 aromatic rings. The van der Waals surface area contributed by atoms with E-state index in [4.69, 9.17) is 0 Å². The molecule has 27 heavy (non-hydrogen) atoms. The van der Waals surface area contributed by atoms with Crippen LogP contribution in [0.25, 0.3) is 0 Å². The van der Waals surface area contributed by atoms with Gasteiger partial charge >= 0.3 is 12.4 Å². The molecule has 0 unspecified atom stereocenters. The molecule has 1 fully saturated rings. The summed E-state index contributed by atoms with van der Waals surface area (Å²) in [5.74, 6) is 0.114. The molecule has 0 saturated carbocycles. The lowest BCUT2D eigenvalue weighted by Crippen LogP contribution is -2.45. The summed E-state index contributed by atoms with van der Waals surface area (Å²) >= 11 is 0. The average molecular weight is 441 g/mol. The van der Waals surface area contributed by atoms with Crippen molar-refractivity contribution in [2.24, 2.45) is 5.92 Å². The molecule has 0 radical (unpaired) electrons. The van der Waals surface area contributed by atoms with Gasteiger partial charge in [0.05, 0.1) is 11.1 Å². The first kappa shape index (κ1) is 26.3. The van der Waals surface area contributed by atoms with Crippen molar-refractivity contribution in [1.29, 1.82) is 0 Å². The van der Waals surface area contributed by atoms with Gasteiger partial charge in [-0.3, -0.25) is 4.90 Å². The first-order chi connectivity index (χ1) is 11.5. The molecule has 0 aromatic heterocycles. The molecule has 2 nitrogen and oxygen atoms in total. The molecule has 1 N–H and O–H groups in total. The van der Waals surface area contributed by atoms with Crippen LogP contribution in [0.2, 0.25) is 0 Å². The molecule has 1 aliphatic heterocycles. The molecule has 1 aliphatic rings. The van der Waals surface area contributed by atoms with Crippen LogP contribution in [0.1, 0.15) is 43.0 Å². The summed E-state index contributed by atoms with van der Waals surface area (Å²) in [4.78, 5) is 1.92. The average Bonchev–Trinajstić information content (AvgIpc) is 2.51. The van der Waals surface area contributed by atoms with Crippen LogP contribution >= 0.6 is 24.8 Å². The van der Waals surface area contributed by atoms with Crippen LogP contribution in [0.5, 0.6) is 0 Å². The van der Waals surface area contributed by atoms with Gasteiger partial charge in [0.2, 0.25) is 0 Å². The molecule has 0 aliphatic carbocycles. The number of halogens is 8. The summed E-state index contributed by atoms with van der Waals surface area (Å²) in [6, 6.07) is 1.44. The van der Waals surface area contributed by atoms with Crippen LogP contribution in [0.4, 0.5) is 26.3 Å². The first-order valence-corrected chi connectivity index (χ1v) is 8.23. The fraction of sp³-hybridized carbons (Fsp3) is 0.647. The van der Waals surface area contributed by atoms with E-state index in [1.54, 1.807) is 0 Å². The highest BCUT2D eigenvalue weighted by Gasteiger charge is 2.40. The predicted molar refractivity (Wildman–Crippen MR) is 97.6 cm³/mol. The predicted octanol–water partition coefficient (Wildman–Crippen LogP) is 5.56. The Morgan fingerprint density at radius 2 is 1.52 bits per heavy atom. The molecule has 10 heteroatoms. The van der Waals surface area contributed by atoms with E-state index < -0.39 is 29.5 Å². The Balaban J connectivity index is 0.00000338. The number of benzene rings is 1. The molecular formula is C17H24Cl2F6N2. The van der Waals surface area contributed by atoms with Crippen LogP contribution in [-0.4, -0.2) is 31.1 Å². The van der Waals surface area contributed by atoms with Gasteiger partial charge in [-0.05, 0) is 30.0 Å². The molecule has 0 spiro atoms. The summed E-state index contributed by atoms with van der Waals surface area (Å²) < 4.78 is 79.1. The molecule has 158 valence electrons. The summed E-state index contributed by atoms with van der Waals surface area (Å²) in [5, 5.41) is 3.14. The van der Waals surface area contributed by atoms with Crippen molar-refractivity contribution in [2.75, 3.05) is 26.2 Å². The second-order valence-corrected chi connectivity index (χ2v) is 6.73. The minimum atomic E-state index is -4.83. The van der Waals surface area contributed by atoms with Crippen LogP contribution in [0, 0.1) is 5.92 Å². The number of hydrogen-bond donors (Lipinski definition) is 1. The topological polar surface area (TPSA) is 15.3 Å². The number of hydrogen-bond acceptors (Lipinski definition) is 2. The Bertz CT molecular complexity index is 584. The first-order valence-electron chi connectivity index (χ1n) is 8.23. The number of nitrogens with zero attached hydrogens (tertiary/aromatic N) is 1. The Morgan fingerprint density at radius 3 is 1.96 bits per heavy atom. The fourth-order valence-electron chi connectivity index (χ4n) is 3.18. The second kappa shape index (κ2) is 10.2. The maximum atomic E-state index is 13.5. The van der Waals surface area contributed by atoms with Gasteiger partial charge in [-0.2, -0.15) is 26.3 Å². The van der Waals surface area contributed by atoms with Gasteiger partial charge in [0.1, 0.15) is 0 Å². The number of alkyl halides is 6. The monoisotopic (exact) mass is 440 g/mol. The third-order valence-corrected chi connectivity index (χ3v) is 4.33. The van der Waals surface area contributed by atoms with E-state index in [9.17, 15) is 26.3 Å². The van der Waals surface area contributed by atoms with Crippen LogP contribution < -0.4 is 5.32 Å². The molecule has 1 atom stereocenters. The zero-order valence-electron chi connectivity index (χ0n) is 15.0. The van der Waals surface area contributed by atoms with Crippen molar-refractivity contribution >= 4 is 24.8 Å². The zero-order chi connectivity index (χ0) is 18.8. The van der Waals surface area contributed by atoms with Gasteiger partial charge in [0.25, 0.3) is 0 Å². The Morgan fingerprint density at radius 1 is 0.963 bits per heavy atom. The Labute approximate surface area is 167 Å². The highest BCUT2D eigenvalue weighted by molar-refractivity contribution is 5.85. The molecule has 1 heterocycles. The fourth-order valence-corrected chi connectivity index (χ4v) is 3.18. The van der Waals surface area contributed by atoms with Crippen molar-refractivity contribution < 1.29 is 26.3 Å². The van der Waals surface area contributed by atoms with Gasteiger partial charge in [0.15, 0.2) is 0 Å². The maximum Gasteiger partial charge on any atom is 0.416 e. The lowest BCUT2D eigenvalue weighted by Gasteiger charge is -2.37. The normalized spacial score (nSPS) is 17.2. The minimum absolute atomic E-state index is 0. The van der Waals surface area contributed by atoms with Crippen molar-refractivity contribution in [3.05, 3.63) is 34.9 Å². The summed E-state index contributed by atoms with van der Waals surface area (Å²) in [6.45, 7) is 6.22. The minimum Gasteiger partial charge on any atom is -0.314 e. The van der Waals surface area contributed by atoms with E-state index in [0.29, 0.717) is 32.6 Å². The number of rotatable bonds is 4. The van der Waals surface area contributed by atoms with E-state index in [1.165, 1.54) is 0 Å². The van der Waals surface area contributed by atoms with E-state index in [0.717, 1.165) is 12.1 Å². The standard InChI is InChI=1S/C17H22F6N2.2ClH/c1-11(2)9-15(25-7-5-24-6-8-25)13-4-3-12(16(18,19)20)10-14(13)17(21,22)23;;/h3-4,10-11,15,24H,5-9H2,1-2H3;2*1H/t15-;;/m0../s1. The van der Waals surface area contributed by atoms with Crippen molar-refractivity contribution in [3.63, 3.8) is 0 Å². The molecular weight excluding hydrogens is 417 g/mol. The SMILES string of the molecule is CC(C)C[C@@H](c1ccc(C(F)(F)F)cc1C(F)(F)F)N1CCNCC1.Cl.Cl. The summed E-state index contributed by atoms with van der Waals surface area (Å²) in [5.41, 5.74) is -2.53. The van der Waals surface area contributed by atoms with Crippen LogP contribution in [-0.2, 0) is 12.4 Å². The summed E-state index contributed by atoms with van der Waals surface area (Å²) in [6.07, 6.45) is -9.19. The van der Waals surface area contributed by atoms with E-state index in [1.807, 2.05) is 18.7 Å². The second-order valence-electron chi connectivity index (χ2n) is 6.73. The largest absolute Gasteiger partial charge is 0.416 e. The van der Waals surface area contributed by atoms with Crippen LogP contribution in [0.3, 0.4) is 0 Å². The number of piperazine rings is 1. The highest BCUT2D eigenvalue weighted by Crippen LogP contribution is 2.41. The van der Waals surface area contributed by atoms with Gasteiger partial charge in [-0.25, -0.2) is 0 Å². The van der Waals surface area contributed by atoms with Gasteiger partial charge in [0, 0.05) is 32.2 Å². The van der Waals surface area contributed by atoms with E-state index >= 15 is 0 Å². The van der Waals surface area contributed by atoms with Crippen molar-refractivity contribution in [3.8, 4) is 0 Å². The van der Waals surface area contributed by atoms with Crippen molar-refractivity contribution in [1.82, 2.24) is 10.2 Å². The molecule has 1 aromatic carbocycles. The third kappa shape index (κ3) is 7.00. The lowest BCUT2D eigenvalue weighted by molar-refractivity contribution is -0.143. The molecule has 0 amide bonds. The summed E-state index contributed by atoms with van der Waals surface area (Å²) in [7, 11) is 0. The van der Waals surface area contributed by atoms with Gasteiger partial charge in [-0.15, -0.1) is 24.8 Å². The van der Waals surface area contributed by atoms with Crippen LogP contribution in [0.15, 0.2) is 18.2 Å². The molecule has 2 rings (SSSR count). The molecule has 1 saturated heterocycles. The third-order valence-electron chi connectivity index (χ3n) is 4.33. The van der Waals surface area contributed by atoms with Crippen molar-refractivity contribution in [2.45, 2.75) is 38.7 Å². The maximum absolute atomic E-state index is 13.5. The van der Waals surface area contributed by atoms with E-state index in [2.05, 4.69) is 5.32 Å². The quantitative estimate of drug-likeness (QED) is 0.616. The van der Waals surface area contributed by atoms with Gasteiger partial charge < -0.3 is 5.32 Å². The van der Waals surface area contributed by atoms with Gasteiger partial charge in [-0.1, -0.05) is 19.9 Å². The lowest BCUT2D eigenvalue weighted by atomic mass is 9.90. The van der Waals surface area contributed by atoms with E-state index in [-0.39, 0.29) is 42.4 Å². The Hall–Kier alpha value is -0.700. The Kier molecular flexibility index (Phi) is 9.92. The highest BCUT2D eigenvalue weighted by atomic mass is 35.5. The zero-order valence-corrected chi connectivity index (χ0v) is 16.6. The molecule has 0 bridgehead atoms. The smallest absolute Gasteiger partial charge is 0.314 e.